The molecule has 0 bridgehead atoms. The quantitative estimate of drug-likeness (QED) is 0.708. The van der Waals surface area contributed by atoms with Gasteiger partial charge in [-0.05, 0) is 30.5 Å². The van der Waals surface area contributed by atoms with Crippen molar-refractivity contribution in [2.75, 3.05) is 24.2 Å². The van der Waals surface area contributed by atoms with E-state index in [9.17, 15) is 4.39 Å². The predicted octanol–water partition coefficient (Wildman–Crippen LogP) is 3.82. The third kappa shape index (κ3) is 2.71. The number of pyridine rings is 2. The molecule has 0 aromatic carbocycles. The summed E-state index contributed by atoms with van der Waals surface area (Å²) in [6.07, 6.45) is 7.00. The molecular weight excluding hydrogens is 349 g/mol. The summed E-state index contributed by atoms with van der Waals surface area (Å²) >= 11 is 7.90. The highest BCUT2D eigenvalue weighted by atomic mass is 35.5. The van der Waals surface area contributed by atoms with Gasteiger partial charge < -0.3 is 4.90 Å². The van der Waals surface area contributed by atoms with Gasteiger partial charge in [-0.3, -0.25) is 4.98 Å². The fourth-order valence-corrected chi connectivity index (χ4v) is 3.55. The zero-order chi connectivity index (χ0) is 16.7. The van der Waals surface area contributed by atoms with Gasteiger partial charge in [-0.25, -0.2) is 13.5 Å². The Morgan fingerprint density at radius 2 is 2.21 bits per heavy atom. The molecule has 1 atom stereocenters. The molecule has 1 aliphatic heterocycles. The molecule has 124 valence electrons. The molecule has 3 aromatic rings. The zero-order valence-electron chi connectivity index (χ0n) is 13.0. The van der Waals surface area contributed by atoms with Gasteiger partial charge in [0.2, 0.25) is 0 Å². The van der Waals surface area contributed by atoms with E-state index in [4.69, 9.17) is 16.6 Å². The van der Waals surface area contributed by atoms with Crippen LogP contribution in [0, 0.1) is 0 Å². The number of rotatable bonds is 3. The van der Waals surface area contributed by atoms with Gasteiger partial charge in [-0.15, -0.1) is 0 Å². The van der Waals surface area contributed by atoms with E-state index in [0.717, 1.165) is 22.5 Å². The molecule has 0 spiro atoms. The van der Waals surface area contributed by atoms with Crippen LogP contribution in [0.25, 0.3) is 22.2 Å². The molecule has 0 amide bonds. The van der Waals surface area contributed by atoms with Crippen LogP contribution in [0.5, 0.6) is 0 Å². The minimum atomic E-state index is -0.792. The standard InChI is InChI=1S/C16H15ClFN5S/c1-24-23-8-10(6-20-23)15-12(17)7-19-13-2-3-14(21-16(13)15)22-5-4-11(18)9-22/h2-3,6-8,11H,4-5,9H2,1H3/t11-/m0/s1. The molecule has 8 heteroatoms. The maximum absolute atomic E-state index is 13.5. The second kappa shape index (κ2) is 6.22. The number of halogens is 2. The first-order chi connectivity index (χ1) is 11.7. The molecule has 1 aliphatic rings. The first-order valence-electron chi connectivity index (χ1n) is 7.59. The number of aromatic nitrogens is 4. The molecule has 1 fully saturated rings. The SMILES string of the molecule is CSn1cc(-c2c(Cl)cnc3ccc(N4CC[C@H](F)C4)nc23)cn1. The first kappa shape index (κ1) is 15.7. The van der Waals surface area contributed by atoms with Crippen LogP contribution >= 0.6 is 23.5 Å². The Balaban J connectivity index is 1.86. The summed E-state index contributed by atoms with van der Waals surface area (Å²) in [7, 11) is 0. The Hall–Kier alpha value is -1.86. The maximum Gasteiger partial charge on any atom is 0.129 e. The highest BCUT2D eigenvalue weighted by Gasteiger charge is 2.23. The number of hydrogen-bond acceptors (Lipinski definition) is 5. The fourth-order valence-electron chi connectivity index (χ4n) is 2.94. The van der Waals surface area contributed by atoms with E-state index in [1.807, 2.05) is 29.5 Å². The van der Waals surface area contributed by atoms with Gasteiger partial charge in [-0.2, -0.15) is 5.10 Å². The Kier molecular flexibility index (Phi) is 4.05. The maximum atomic E-state index is 13.5. The second-order valence-electron chi connectivity index (χ2n) is 5.66. The highest BCUT2D eigenvalue weighted by Crippen LogP contribution is 2.34. The summed E-state index contributed by atoms with van der Waals surface area (Å²) in [5, 5.41) is 4.81. The van der Waals surface area contributed by atoms with Crippen molar-refractivity contribution in [3.05, 3.63) is 35.7 Å². The molecule has 0 radical (unpaired) electrons. The number of fused-ring (bicyclic) bond motifs is 1. The van der Waals surface area contributed by atoms with E-state index < -0.39 is 6.17 Å². The molecule has 3 aromatic heterocycles. The normalized spacial score (nSPS) is 17.8. The summed E-state index contributed by atoms with van der Waals surface area (Å²) in [6, 6.07) is 3.79. The number of alkyl halides is 1. The first-order valence-corrected chi connectivity index (χ1v) is 9.15. The van der Waals surface area contributed by atoms with E-state index >= 15 is 0 Å². The van der Waals surface area contributed by atoms with Crippen molar-refractivity contribution >= 4 is 40.4 Å². The summed E-state index contributed by atoms with van der Waals surface area (Å²) < 4.78 is 15.3. The van der Waals surface area contributed by atoms with Crippen molar-refractivity contribution in [1.82, 2.24) is 19.2 Å². The van der Waals surface area contributed by atoms with Crippen LogP contribution in [0.1, 0.15) is 6.42 Å². The van der Waals surface area contributed by atoms with E-state index in [0.29, 0.717) is 30.0 Å². The zero-order valence-corrected chi connectivity index (χ0v) is 14.6. The Labute approximate surface area is 148 Å². The molecule has 1 saturated heterocycles. The molecule has 0 N–H and O–H groups in total. The van der Waals surface area contributed by atoms with Crippen molar-refractivity contribution < 1.29 is 4.39 Å². The predicted molar refractivity (Wildman–Crippen MR) is 96.4 cm³/mol. The van der Waals surface area contributed by atoms with Crippen molar-refractivity contribution in [2.45, 2.75) is 12.6 Å². The van der Waals surface area contributed by atoms with Crippen LogP contribution in [0.3, 0.4) is 0 Å². The minimum Gasteiger partial charge on any atom is -0.354 e. The highest BCUT2D eigenvalue weighted by molar-refractivity contribution is 7.97. The third-order valence-electron chi connectivity index (χ3n) is 4.14. The molecule has 24 heavy (non-hydrogen) atoms. The monoisotopic (exact) mass is 363 g/mol. The average molecular weight is 364 g/mol. The van der Waals surface area contributed by atoms with Crippen LogP contribution in [-0.4, -0.2) is 44.7 Å². The summed E-state index contributed by atoms with van der Waals surface area (Å²) in [4.78, 5) is 11.0. The number of hydrogen-bond donors (Lipinski definition) is 0. The lowest BCUT2D eigenvalue weighted by atomic mass is 10.1. The van der Waals surface area contributed by atoms with E-state index in [-0.39, 0.29) is 0 Å². The van der Waals surface area contributed by atoms with Gasteiger partial charge in [0.15, 0.2) is 0 Å². The van der Waals surface area contributed by atoms with Crippen LogP contribution in [0.4, 0.5) is 10.2 Å². The third-order valence-corrected chi connectivity index (χ3v) is 5.00. The lowest BCUT2D eigenvalue weighted by Gasteiger charge is -2.17. The van der Waals surface area contributed by atoms with Gasteiger partial charge in [-0.1, -0.05) is 11.6 Å². The molecule has 4 rings (SSSR count). The van der Waals surface area contributed by atoms with Gasteiger partial charge in [0, 0.05) is 36.3 Å². The molecule has 0 aliphatic carbocycles. The molecular formula is C16H15ClFN5S. The number of anilines is 1. The second-order valence-corrected chi connectivity index (χ2v) is 6.81. The van der Waals surface area contributed by atoms with E-state index in [2.05, 4.69) is 10.1 Å². The summed E-state index contributed by atoms with van der Waals surface area (Å²) in [5.74, 6) is 0.755. The lowest BCUT2D eigenvalue weighted by Crippen LogP contribution is -2.21. The van der Waals surface area contributed by atoms with Gasteiger partial charge in [0.25, 0.3) is 0 Å². The van der Waals surface area contributed by atoms with Gasteiger partial charge in [0.05, 0.1) is 23.3 Å². The summed E-state index contributed by atoms with van der Waals surface area (Å²) in [6.45, 7) is 1.06. The lowest BCUT2D eigenvalue weighted by molar-refractivity contribution is 0.364. The van der Waals surface area contributed by atoms with Crippen LogP contribution < -0.4 is 4.90 Å². The minimum absolute atomic E-state index is 0.381. The Morgan fingerprint density at radius 1 is 1.33 bits per heavy atom. The summed E-state index contributed by atoms with van der Waals surface area (Å²) in [5.41, 5.74) is 3.16. The fraction of sp³-hybridized carbons (Fsp3) is 0.312. The topological polar surface area (TPSA) is 46.8 Å². The van der Waals surface area contributed by atoms with Crippen molar-refractivity contribution in [3.8, 4) is 11.1 Å². The van der Waals surface area contributed by atoms with Gasteiger partial charge >= 0.3 is 0 Å². The average Bonchev–Trinajstić information content (AvgIpc) is 3.23. The number of nitrogens with zero attached hydrogens (tertiary/aromatic N) is 5. The molecule has 0 unspecified atom stereocenters. The Bertz CT molecular complexity index is 899. The van der Waals surface area contributed by atoms with Crippen LogP contribution in [0.2, 0.25) is 5.02 Å². The van der Waals surface area contributed by atoms with Crippen LogP contribution in [0.15, 0.2) is 30.7 Å². The van der Waals surface area contributed by atoms with Crippen LogP contribution in [-0.2, 0) is 0 Å². The Morgan fingerprint density at radius 3 is 2.92 bits per heavy atom. The molecule has 0 saturated carbocycles. The van der Waals surface area contributed by atoms with E-state index in [1.165, 1.54) is 11.9 Å². The van der Waals surface area contributed by atoms with Crippen molar-refractivity contribution in [1.29, 1.82) is 0 Å². The molecule has 4 heterocycles. The largest absolute Gasteiger partial charge is 0.354 e. The van der Waals surface area contributed by atoms with Crippen molar-refractivity contribution in [2.24, 2.45) is 0 Å². The van der Waals surface area contributed by atoms with E-state index in [1.54, 1.807) is 16.5 Å². The van der Waals surface area contributed by atoms with Crippen molar-refractivity contribution in [3.63, 3.8) is 0 Å². The molecule has 5 nitrogen and oxygen atoms in total. The van der Waals surface area contributed by atoms with Gasteiger partial charge in [0.1, 0.15) is 17.5 Å². The smallest absolute Gasteiger partial charge is 0.129 e.